The predicted molar refractivity (Wildman–Crippen MR) is 89.4 cm³/mol. The fraction of sp³-hybridized carbons (Fsp3) is 0.286. The summed E-state index contributed by atoms with van der Waals surface area (Å²) >= 11 is 11.7. The van der Waals surface area contributed by atoms with Crippen molar-refractivity contribution in [2.24, 2.45) is 10.8 Å². The van der Waals surface area contributed by atoms with Crippen LogP contribution in [0.2, 0.25) is 10.0 Å². The van der Waals surface area contributed by atoms with Crippen LogP contribution in [-0.4, -0.2) is 23.4 Å². The minimum atomic E-state index is -0.542. The maximum Gasteiger partial charge on any atom is 0.240 e. The standard InChI is InChI=1S/C14H16Cl2N4O3/c1-8(6-12(17)21)19-20-14(23)5-4-13(22)18-11-3-2-9(15)7-10(11)16/h2-3,7H,4-6H2,1H3,(H2,17,21)(H,18,22)(H,20,23). The molecule has 1 aromatic rings. The van der Waals surface area contributed by atoms with Crippen molar-refractivity contribution < 1.29 is 14.4 Å². The summed E-state index contributed by atoms with van der Waals surface area (Å²) < 4.78 is 0. The lowest BCUT2D eigenvalue weighted by Crippen LogP contribution is -2.23. The summed E-state index contributed by atoms with van der Waals surface area (Å²) in [5.41, 5.74) is 8.02. The quantitative estimate of drug-likeness (QED) is 0.511. The molecule has 0 spiro atoms. The number of nitrogens with two attached hydrogens (primary N) is 1. The summed E-state index contributed by atoms with van der Waals surface area (Å²) in [5, 5.41) is 7.04. The number of hydrogen-bond acceptors (Lipinski definition) is 4. The number of primary amides is 1. The first kappa shape index (κ1) is 18.9. The zero-order chi connectivity index (χ0) is 17.4. The van der Waals surface area contributed by atoms with E-state index in [4.69, 9.17) is 28.9 Å². The normalized spacial score (nSPS) is 11.0. The minimum Gasteiger partial charge on any atom is -0.369 e. The molecule has 0 saturated carbocycles. The number of nitrogens with one attached hydrogen (secondary N) is 2. The van der Waals surface area contributed by atoms with E-state index in [2.05, 4.69) is 15.8 Å². The van der Waals surface area contributed by atoms with Crippen molar-refractivity contribution in [2.75, 3.05) is 5.32 Å². The van der Waals surface area contributed by atoms with E-state index >= 15 is 0 Å². The number of hydrazone groups is 1. The van der Waals surface area contributed by atoms with Crippen molar-refractivity contribution >= 4 is 52.3 Å². The highest BCUT2D eigenvalue weighted by Crippen LogP contribution is 2.25. The number of benzene rings is 1. The number of carbonyl (C=O) groups excluding carboxylic acids is 3. The summed E-state index contributed by atoms with van der Waals surface area (Å²) in [6.45, 7) is 1.56. The van der Waals surface area contributed by atoms with Gasteiger partial charge in [-0.05, 0) is 25.1 Å². The molecule has 0 aromatic heterocycles. The van der Waals surface area contributed by atoms with Crippen LogP contribution in [0.15, 0.2) is 23.3 Å². The molecule has 0 heterocycles. The third kappa shape index (κ3) is 7.62. The van der Waals surface area contributed by atoms with Gasteiger partial charge in [0.15, 0.2) is 0 Å². The van der Waals surface area contributed by atoms with E-state index in [1.165, 1.54) is 6.07 Å². The van der Waals surface area contributed by atoms with E-state index in [9.17, 15) is 14.4 Å². The Kier molecular flexibility index (Phi) is 7.50. The van der Waals surface area contributed by atoms with Gasteiger partial charge in [-0.25, -0.2) is 5.43 Å². The lowest BCUT2D eigenvalue weighted by Gasteiger charge is -2.07. The van der Waals surface area contributed by atoms with Crippen LogP contribution in [0.5, 0.6) is 0 Å². The third-order valence-electron chi connectivity index (χ3n) is 2.59. The first-order valence-corrected chi connectivity index (χ1v) is 7.38. The molecular formula is C14H16Cl2N4O3. The molecule has 0 fully saturated rings. The molecule has 7 nitrogen and oxygen atoms in total. The van der Waals surface area contributed by atoms with Crippen molar-refractivity contribution in [2.45, 2.75) is 26.2 Å². The van der Waals surface area contributed by atoms with Gasteiger partial charge in [0.25, 0.3) is 0 Å². The number of carbonyl (C=O) groups is 3. The predicted octanol–water partition coefficient (Wildman–Crippen LogP) is 2.08. The maximum absolute atomic E-state index is 11.8. The number of hydrogen-bond donors (Lipinski definition) is 3. The Bertz CT molecular complexity index is 647. The average molecular weight is 359 g/mol. The molecule has 1 aromatic carbocycles. The SMILES string of the molecule is CC(CC(N)=O)=NNC(=O)CCC(=O)Nc1ccc(Cl)cc1Cl. The van der Waals surface area contributed by atoms with Gasteiger partial charge in [0.05, 0.1) is 17.1 Å². The van der Waals surface area contributed by atoms with E-state index in [0.717, 1.165) is 0 Å². The largest absolute Gasteiger partial charge is 0.369 e. The molecule has 1 rings (SSSR count). The van der Waals surface area contributed by atoms with E-state index in [1.54, 1.807) is 19.1 Å². The molecule has 9 heteroatoms. The van der Waals surface area contributed by atoms with E-state index in [1.807, 2.05) is 0 Å². The number of amides is 3. The zero-order valence-electron chi connectivity index (χ0n) is 12.4. The summed E-state index contributed by atoms with van der Waals surface area (Å²) in [7, 11) is 0. The Morgan fingerprint density at radius 2 is 1.83 bits per heavy atom. The number of halogens is 2. The highest BCUT2D eigenvalue weighted by atomic mass is 35.5. The lowest BCUT2D eigenvalue weighted by molar-refractivity contribution is -0.124. The van der Waals surface area contributed by atoms with Gasteiger partial charge in [0, 0.05) is 23.6 Å². The van der Waals surface area contributed by atoms with Crippen LogP contribution in [0.1, 0.15) is 26.2 Å². The molecule has 3 amide bonds. The molecule has 0 aliphatic heterocycles. The Hall–Kier alpha value is -2.12. The number of anilines is 1. The Balaban J connectivity index is 2.41. The minimum absolute atomic E-state index is 0.0458. The summed E-state index contributed by atoms with van der Waals surface area (Å²) in [4.78, 5) is 34.0. The molecule has 0 bridgehead atoms. The van der Waals surface area contributed by atoms with Crippen molar-refractivity contribution in [3.05, 3.63) is 28.2 Å². The van der Waals surface area contributed by atoms with Crippen molar-refractivity contribution in [3.8, 4) is 0 Å². The molecule has 23 heavy (non-hydrogen) atoms. The van der Waals surface area contributed by atoms with E-state index < -0.39 is 11.8 Å². The monoisotopic (exact) mass is 358 g/mol. The first-order valence-electron chi connectivity index (χ1n) is 6.63. The third-order valence-corrected chi connectivity index (χ3v) is 3.13. The fourth-order valence-electron chi connectivity index (χ4n) is 1.54. The van der Waals surface area contributed by atoms with Crippen LogP contribution in [0.25, 0.3) is 0 Å². The summed E-state index contributed by atoms with van der Waals surface area (Å²) in [6.07, 6.45) is -0.157. The number of nitrogens with zero attached hydrogens (tertiary/aromatic N) is 1. The second-order valence-electron chi connectivity index (χ2n) is 4.70. The van der Waals surface area contributed by atoms with Gasteiger partial charge in [-0.1, -0.05) is 23.2 Å². The molecule has 0 atom stereocenters. The van der Waals surface area contributed by atoms with Gasteiger partial charge in [-0.2, -0.15) is 5.10 Å². The number of rotatable bonds is 7. The molecule has 0 aliphatic carbocycles. The Morgan fingerprint density at radius 3 is 2.43 bits per heavy atom. The van der Waals surface area contributed by atoms with Crippen LogP contribution >= 0.6 is 23.2 Å². The van der Waals surface area contributed by atoms with E-state index in [0.29, 0.717) is 21.4 Å². The van der Waals surface area contributed by atoms with Gasteiger partial charge in [0.2, 0.25) is 17.7 Å². The van der Waals surface area contributed by atoms with Crippen LogP contribution in [0.4, 0.5) is 5.69 Å². The van der Waals surface area contributed by atoms with Crippen LogP contribution in [-0.2, 0) is 14.4 Å². The van der Waals surface area contributed by atoms with Crippen LogP contribution in [0, 0.1) is 0 Å². The molecule has 0 unspecified atom stereocenters. The highest BCUT2D eigenvalue weighted by molar-refractivity contribution is 6.36. The van der Waals surface area contributed by atoms with Gasteiger partial charge in [0.1, 0.15) is 0 Å². The Morgan fingerprint density at radius 1 is 1.17 bits per heavy atom. The van der Waals surface area contributed by atoms with Crippen LogP contribution < -0.4 is 16.5 Å². The van der Waals surface area contributed by atoms with E-state index in [-0.39, 0.29) is 25.2 Å². The molecule has 124 valence electrons. The highest BCUT2D eigenvalue weighted by Gasteiger charge is 2.09. The zero-order valence-corrected chi connectivity index (χ0v) is 13.9. The van der Waals surface area contributed by atoms with Gasteiger partial charge < -0.3 is 11.1 Å². The molecule has 0 radical (unpaired) electrons. The fourth-order valence-corrected chi connectivity index (χ4v) is 1.99. The van der Waals surface area contributed by atoms with Crippen molar-refractivity contribution in [1.29, 1.82) is 0 Å². The Labute approximate surface area is 143 Å². The van der Waals surface area contributed by atoms with Crippen molar-refractivity contribution in [1.82, 2.24) is 5.43 Å². The second kappa shape index (κ2) is 9.12. The molecule has 0 aliphatic rings. The maximum atomic E-state index is 11.8. The smallest absolute Gasteiger partial charge is 0.240 e. The average Bonchev–Trinajstić information content (AvgIpc) is 2.45. The molecule has 0 saturated heterocycles. The lowest BCUT2D eigenvalue weighted by atomic mass is 10.2. The first-order chi connectivity index (χ1) is 10.8. The summed E-state index contributed by atoms with van der Waals surface area (Å²) in [6, 6.07) is 4.66. The summed E-state index contributed by atoms with van der Waals surface area (Å²) in [5.74, 6) is -1.37. The van der Waals surface area contributed by atoms with Gasteiger partial charge >= 0.3 is 0 Å². The van der Waals surface area contributed by atoms with Gasteiger partial charge in [-0.15, -0.1) is 0 Å². The van der Waals surface area contributed by atoms with Crippen molar-refractivity contribution in [3.63, 3.8) is 0 Å². The molecular weight excluding hydrogens is 343 g/mol. The van der Waals surface area contributed by atoms with Crippen LogP contribution in [0.3, 0.4) is 0 Å². The molecule has 4 N–H and O–H groups in total. The second-order valence-corrected chi connectivity index (χ2v) is 5.54. The topological polar surface area (TPSA) is 114 Å². The van der Waals surface area contributed by atoms with Gasteiger partial charge in [-0.3, -0.25) is 14.4 Å².